The molecule has 138 valence electrons. The second-order valence-corrected chi connectivity index (χ2v) is 7.11. The Kier molecular flexibility index (Phi) is 5.61. The first kappa shape index (κ1) is 18.5. The molecule has 0 spiro atoms. The van der Waals surface area contributed by atoms with E-state index in [4.69, 9.17) is 16.1 Å². The Labute approximate surface area is 157 Å². The number of hydrogen-bond donors (Lipinski definition) is 0. The molecule has 26 heavy (non-hydrogen) atoms. The lowest BCUT2D eigenvalue weighted by Crippen LogP contribution is -2.46. The number of likely N-dealkylation sites (tertiary alicyclic amines) is 1. The van der Waals surface area contributed by atoms with Crippen molar-refractivity contribution in [2.45, 2.75) is 38.8 Å². The molecule has 1 fully saturated rings. The minimum absolute atomic E-state index is 0.0421. The Bertz CT molecular complexity index is 788. The Balaban J connectivity index is 1.63. The van der Waals surface area contributed by atoms with Crippen molar-refractivity contribution in [3.8, 4) is 0 Å². The summed E-state index contributed by atoms with van der Waals surface area (Å²) in [7, 11) is 1.76. The van der Waals surface area contributed by atoms with Gasteiger partial charge in [0.25, 0.3) is 0 Å². The normalized spacial score (nSPS) is 16.7. The maximum atomic E-state index is 12.9. The van der Waals surface area contributed by atoms with Crippen LogP contribution in [0.2, 0.25) is 5.02 Å². The number of aromatic nitrogens is 1. The van der Waals surface area contributed by atoms with Crippen molar-refractivity contribution in [2.24, 2.45) is 0 Å². The maximum Gasteiger partial charge on any atom is 0.245 e. The van der Waals surface area contributed by atoms with Crippen LogP contribution in [0.3, 0.4) is 0 Å². The summed E-state index contributed by atoms with van der Waals surface area (Å²) < 4.78 is 5.12. The highest BCUT2D eigenvalue weighted by atomic mass is 35.5. The summed E-state index contributed by atoms with van der Waals surface area (Å²) in [6.45, 7) is 2.89. The molecule has 1 aromatic carbocycles. The van der Waals surface area contributed by atoms with Crippen LogP contribution in [0.25, 0.3) is 0 Å². The van der Waals surface area contributed by atoms with Crippen molar-refractivity contribution >= 4 is 23.4 Å². The van der Waals surface area contributed by atoms with Crippen LogP contribution in [-0.2, 0) is 22.6 Å². The molecular formula is C19H22ClN3O3. The largest absolute Gasteiger partial charge is 0.361 e. The summed E-state index contributed by atoms with van der Waals surface area (Å²) in [5.74, 6) is 0.386. The monoisotopic (exact) mass is 375 g/mol. The van der Waals surface area contributed by atoms with Gasteiger partial charge in [0, 0.05) is 31.2 Å². The summed E-state index contributed by atoms with van der Waals surface area (Å²) in [5, 5.41) is 4.47. The summed E-state index contributed by atoms with van der Waals surface area (Å²) in [6, 6.07) is 8.74. The van der Waals surface area contributed by atoms with Crippen molar-refractivity contribution < 1.29 is 14.1 Å². The first-order valence-corrected chi connectivity index (χ1v) is 9.03. The smallest absolute Gasteiger partial charge is 0.245 e. The number of hydrogen-bond acceptors (Lipinski definition) is 4. The van der Waals surface area contributed by atoms with Crippen molar-refractivity contribution in [3.63, 3.8) is 0 Å². The van der Waals surface area contributed by atoms with Gasteiger partial charge in [0.05, 0.1) is 12.1 Å². The first-order chi connectivity index (χ1) is 12.4. The lowest BCUT2D eigenvalue weighted by molar-refractivity contribution is -0.143. The molecule has 0 aliphatic carbocycles. The molecule has 6 nitrogen and oxygen atoms in total. The topological polar surface area (TPSA) is 66.7 Å². The molecule has 0 radical (unpaired) electrons. The number of amides is 2. The highest BCUT2D eigenvalue weighted by Crippen LogP contribution is 2.21. The lowest BCUT2D eigenvalue weighted by Gasteiger charge is -2.28. The van der Waals surface area contributed by atoms with E-state index >= 15 is 0 Å². The van der Waals surface area contributed by atoms with Crippen LogP contribution in [-0.4, -0.2) is 46.4 Å². The highest BCUT2D eigenvalue weighted by Gasteiger charge is 2.35. The minimum Gasteiger partial charge on any atom is -0.361 e. The van der Waals surface area contributed by atoms with Crippen LogP contribution in [0.4, 0.5) is 0 Å². The second kappa shape index (κ2) is 7.91. The van der Waals surface area contributed by atoms with Gasteiger partial charge in [0.1, 0.15) is 11.8 Å². The zero-order valence-corrected chi connectivity index (χ0v) is 15.7. The van der Waals surface area contributed by atoms with Gasteiger partial charge in [-0.15, -0.1) is 0 Å². The molecule has 1 saturated heterocycles. The second-order valence-electron chi connectivity index (χ2n) is 6.68. The van der Waals surface area contributed by atoms with Crippen molar-refractivity contribution in [1.82, 2.24) is 15.0 Å². The van der Waals surface area contributed by atoms with Gasteiger partial charge in [0.2, 0.25) is 11.8 Å². The van der Waals surface area contributed by atoms with E-state index in [2.05, 4.69) is 5.16 Å². The Hall–Kier alpha value is -2.34. The van der Waals surface area contributed by atoms with Crippen LogP contribution in [0.5, 0.6) is 0 Å². The van der Waals surface area contributed by atoms with E-state index in [0.717, 1.165) is 17.7 Å². The average molecular weight is 376 g/mol. The predicted octanol–water partition coefficient (Wildman–Crippen LogP) is 2.83. The molecule has 3 rings (SSSR count). The zero-order chi connectivity index (χ0) is 18.7. The number of benzene rings is 1. The van der Waals surface area contributed by atoms with Gasteiger partial charge >= 0.3 is 0 Å². The summed E-state index contributed by atoms with van der Waals surface area (Å²) in [4.78, 5) is 28.8. The number of likely N-dealkylation sites (N-methyl/N-ethyl adjacent to an activating group) is 1. The third-order valence-corrected chi connectivity index (χ3v) is 4.82. The molecular weight excluding hydrogens is 354 g/mol. The first-order valence-electron chi connectivity index (χ1n) is 8.65. The van der Waals surface area contributed by atoms with E-state index < -0.39 is 6.04 Å². The van der Waals surface area contributed by atoms with Crippen molar-refractivity contribution in [2.75, 3.05) is 13.6 Å². The van der Waals surface area contributed by atoms with E-state index in [9.17, 15) is 9.59 Å². The third-order valence-electron chi connectivity index (χ3n) is 4.57. The number of halogens is 1. The third kappa shape index (κ3) is 4.25. The van der Waals surface area contributed by atoms with E-state index in [1.807, 2.05) is 19.1 Å². The number of carbonyl (C=O) groups excluding carboxylic acids is 2. The molecule has 2 heterocycles. The predicted molar refractivity (Wildman–Crippen MR) is 97.6 cm³/mol. The van der Waals surface area contributed by atoms with E-state index in [-0.39, 0.29) is 18.2 Å². The van der Waals surface area contributed by atoms with Crippen LogP contribution >= 0.6 is 11.6 Å². The van der Waals surface area contributed by atoms with Gasteiger partial charge in [-0.25, -0.2) is 0 Å². The maximum absolute atomic E-state index is 12.9. The van der Waals surface area contributed by atoms with Gasteiger partial charge in [-0.3, -0.25) is 9.59 Å². The fraction of sp³-hybridized carbons (Fsp3) is 0.421. The Morgan fingerprint density at radius 2 is 2.08 bits per heavy atom. The molecule has 1 aliphatic rings. The zero-order valence-electron chi connectivity index (χ0n) is 14.9. The van der Waals surface area contributed by atoms with Gasteiger partial charge in [-0.1, -0.05) is 28.9 Å². The number of carbonyl (C=O) groups is 2. The molecule has 0 saturated carbocycles. The molecule has 1 aromatic heterocycles. The van der Waals surface area contributed by atoms with Crippen LogP contribution in [0, 0.1) is 6.92 Å². The van der Waals surface area contributed by atoms with Crippen LogP contribution in [0.15, 0.2) is 34.9 Å². The molecule has 1 aliphatic heterocycles. The number of nitrogens with zero attached hydrogens (tertiary/aromatic N) is 3. The van der Waals surface area contributed by atoms with Gasteiger partial charge in [-0.2, -0.15) is 0 Å². The quantitative estimate of drug-likeness (QED) is 0.806. The molecule has 2 amide bonds. The van der Waals surface area contributed by atoms with Gasteiger partial charge in [-0.05, 0) is 37.5 Å². The summed E-state index contributed by atoms with van der Waals surface area (Å²) >= 11 is 5.90. The fourth-order valence-electron chi connectivity index (χ4n) is 3.27. The number of rotatable bonds is 5. The minimum atomic E-state index is -0.413. The van der Waals surface area contributed by atoms with Crippen LogP contribution in [0.1, 0.15) is 29.9 Å². The summed E-state index contributed by atoms with van der Waals surface area (Å²) in [5.41, 5.74) is 1.74. The molecule has 2 aromatic rings. The van der Waals surface area contributed by atoms with Crippen molar-refractivity contribution in [1.29, 1.82) is 0 Å². The SMILES string of the molecule is Cc1cc(CC(=O)N2CCCC2C(=O)N(C)Cc2ccc(Cl)cc2)on1. The van der Waals surface area contributed by atoms with E-state index in [1.165, 1.54) is 0 Å². The fourth-order valence-corrected chi connectivity index (χ4v) is 3.39. The molecule has 1 atom stereocenters. The van der Waals surface area contributed by atoms with Crippen LogP contribution < -0.4 is 0 Å². The molecule has 0 N–H and O–H groups in total. The molecule has 1 unspecified atom stereocenters. The lowest BCUT2D eigenvalue weighted by atomic mass is 10.1. The highest BCUT2D eigenvalue weighted by molar-refractivity contribution is 6.30. The van der Waals surface area contributed by atoms with Crippen molar-refractivity contribution in [3.05, 3.63) is 52.4 Å². The van der Waals surface area contributed by atoms with E-state index in [0.29, 0.717) is 30.3 Å². The standard InChI is InChI=1S/C19H22ClN3O3/c1-13-10-16(26-21-13)11-18(24)23-9-3-4-17(23)19(25)22(2)12-14-5-7-15(20)8-6-14/h5-8,10,17H,3-4,9,11-12H2,1-2H3. The van der Waals surface area contributed by atoms with Gasteiger partial charge in [0.15, 0.2) is 0 Å². The Morgan fingerprint density at radius 1 is 1.35 bits per heavy atom. The average Bonchev–Trinajstić information content (AvgIpc) is 3.25. The summed E-state index contributed by atoms with van der Waals surface area (Å²) in [6.07, 6.45) is 1.64. The molecule has 0 bridgehead atoms. The van der Waals surface area contributed by atoms with E-state index in [1.54, 1.807) is 35.0 Å². The number of aryl methyl sites for hydroxylation is 1. The van der Waals surface area contributed by atoms with Gasteiger partial charge < -0.3 is 14.3 Å². The Morgan fingerprint density at radius 3 is 2.73 bits per heavy atom. The molecule has 7 heteroatoms.